The average molecular weight is 331 g/mol. The minimum Gasteiger partial charge on any atom is -0.452 e. The van der Waals surface area contributed by atoms with Crippen molar-refractivity contribution in [3.05, 3.63) is 66.5 Å². The molecule has 2 heterocycles. The van der Waals surface area contributed by atoms with Crippen molar-refractivity contribution in [2.24, 2.45) is 0 Å². The van der Waals surface area contributed by atoms with Gasteiger partial charge in [0.05, 0.1) is 11.2 Å². The molecule has 1 aromatic carbocycles. The number of aromatic amines is 1. The quantitative estimate of drug-likeness (QED) is 0.740. The number of hydrogen-bond acceptors (Lipinski definition) is 6. The van der Waals surface area contributed by atoms with E-state index in [-0.39, 0.29) is 15.8 Å². The molecule has 0 radical (unpaired) electrons. The minimum absolute atomic E-state index is 0.139. The molecule has 2 N–H and O–H groups in total. The van der Waals surface area contributed by atoms with E-state index in [1.165, 1.54) is 42.9 Å². The molecule has 0 fully saturated rings. The molecule has 0 amide bonds. The number of benzene rings is 1. The Hall–Kier alpha value is -2.71. The molecule has 23 heavy (non-hydrogen) atoms. The van der Waals surface area contributed by atoms with Crippen LogP contribution < -0.4 is 0 Å². The third-order valence-corrected chi connectivity index (χ3v) is 4.84. The lowest BCUT2D eigenvalue weighted by Crippen LogP contribution is -2.02. The summed E-state index contributed by atoms with van der Waals surface area (Å²) < 4.78 is 30.3. The Balaban J connectivity index is 1.91. The van der Waals surface area contributed by atoms with E-state index in [0.29, 0.717) is 5.56 Å². The highest BCUT2D eigenvalue weighted by Gasteiger charge is 2.23. The first-order chi connectivity index (χ1) is 11.1. The minimum atomic E-state index is -3.76. The average Bonchev–Trinajstić information content (AvgIpc) is 3.25. The van der Waals surface area contributed by atoms with Crippen LogP contribution in [0.4, 0.5) is 0 Å². The van der Waals surface area contributed by atoms with Crippen molar-refractivity contribution < 1.29 is 17.9 Å². The standard InChI is InChI=1S/C15H13N3O4S/c19-13(14-16-10-17-18-14)7-6-11-8-9-22-15(11)23(20,21)12-4-2-1-3-5-12/h1-10,13,19H,(H,16,17,18). The van der Waals surface area contributed by atoms with Gasteiger partial charge in [0.15, 0.2) is 5.82 Å². The van der Waals surface area contributed by atoms with Gasteiger partial charge in [0.2, 0.25) is 14.9 Å². The van der Waals surface area contributed by atoms with Crippen LogP contribution in [0, 0.1) is 0 Å². The highest BCUT2D eigenvalue weighted by Crippen LogP contribution is 2.26. The largest absolute Gasteiger partial charge is 0.452 e. The van der Waals surface area contributed by atoms with Gasteiger partial charge in [-0.3, -0.25) is 5.10 Å². The van der Waals surface area contributed by atoms with Gasteiger partial charge >= 0.3 is 0 Å². The molecule has 0 spiro atoms. The monoisotopic (exact) mass is 331 g/mol. The molecule has 0 saturated carbocycles. The zero-order valence-corrected chi connectivity index (χ0v) is 12.6. The lowest BCUT2D eigenvalue weighted by Gasteiger charge is -2.03. The van der Waals surface area contributed by atoms with Crippen molar-refractivity contribution in [1.29, 1.82) is 0 Å². The fourth-order valence-electron chi connectivity index (χ4n) is 2.00. The molecule has 1 atom stereocenters. The van der Waals surface area contributed by atoms with Crippen molar-refractivity contribution in [1.82, 2.24) is 15.2 Å². The summed E-state index contributed by atoms with van der Waals surface area (Å²) in [5.74, 6) is 0.261. The molecule has 0 aliphatic heterocycles. The molecule has 3 aromatic rings. The summed E-state index contributed by atoms with van der Waals surface area (Å²) in [5.41, 5.74) is 0.340. The third-order valence-electron chi connectivity index (χ3n) is 3.13. The van der Waals surface area contributed by atoms with Gasteiger partial charge in [-0.15, -0.1) is 0 Å². The van der Waals surface area contributed by atoms with Crippen LogP contribution in [-0.2, 0) is 9.84 Å². The molecule has 118 valence electrons. The predicted octanol–water partition coefficient (Wildman–Crippen LogP) is 1.98. The molecular formula is C15H13N3O4S. The van der Waals surface area contributed by atoms with E-state index < -0.39 is 15.9 Å². The van der Waals surface area contributed by atoms with Crippen LogP contribution in [0.3, 0.4) is 0 Å². The number of H-pyrrole nitrogens is 1. The summed E-state index contributed by atoms with van der Waals surface area (Å²) >= 11 is 0. The second kappa shape index (κ2) is 6.19. The molecule has 7 nitrogen and oxygen atoms in total. The maximum atomic E-state index is 12.6. The molecule has 8 heteroatoms. The molecular weight excluding hydrogens is 318 g/mol. The fourth-order valence-corrected chi connectivity index (χ4v) is 3.36. The normalized spacial score (nSPS) is 13.4. The number of sulfone groups is 1. The number of hydrogen-bond donors (Lipinski definition) is 2. The van der Waals surface area contributed by atoms with Crippen molar-refractivity contribution in [2.75, 3.05) is 0 Å². The fraction of sp³-hybridized carbons (Fsp3) is 0.0667. The Morgan fingerprint density at radius 3 is 2.70 bits per heavy atom. The Bertz CT molecular complexity index is 899. The van der Waals surface area contributed by atoms with Crippen LogP contribution in [0.1, 0.15) is 17.5 Å². The topological polar surface area (TPSA) is 109 Å². The number of aliphatic hydroxyl groups is 1. The van der Waals surface area contributed by atoms with Gasteiger partial charge in [0.1, 0.15) is 12.4 Å². The molecule has 0 aliphatic rings. The third kappa shape index (κ3) is 3.08. The summed E-state index contributed by atoms with van der Waals surface area (Å²) in [5, 5.41) is 15.9. The zero-order valence-electron chi connectivity index (χ0n) is 11.8. The Labute approximate surface area is 132 Å². The number of aromatic nitrogens is 3. The summed E-state index contributed by atoms with van der Waals surface area (Å²) in [6, 6.07) is 9.51. The van der Waals surface area contributed by atoms with Gasteiger partial charge in [-0.2, -0.15) is 5.10 Å². The van der Waals surface area contributed by atoms with Crippen molar-refractivity contribution in [3.63, 3.8) is 0 Å². The number of rotatable bonds is 5. The smallest absolute Gasteiger partial charge is 0.240 e. The van der Waals surface area contributed by atoms with E-state index in [1.807, 2.05) is 0 Å². The van der Waals surface area contributed by atoms with Crippen molar-refractivity contribution in [3.8, 4) is 0 Å². The lowest BCUT2D eigenvalue weighted by atomic mass is 10.2. The van der Waals surface area contributed by atoms with E-state index in [4.69, 9.17) is 4.42 Å². The van der Waals surface area contributed by atoms with Crippen LogP contribution >= 0.6 is 0 Å². The Morgan fingerprint density at radius 1 is 1.22 bits per heavy atom. The maximum Gasteiger partial charge on any atom is 0.240 e. The van der Waals surface area contributed by atoms with Crippen LogP contribution in [0.5, 0.6) is 0 Å². The zero-order chi connectivity index (χ0) is 16.3. The van der Waals surface area contributed by atoms with E-state index in [2.05, 4.69) is 15.2 Å². The molecule has 0 bridgehead atoms. The van der Waals surface area contributed by atoms with E-state index in [1.54, 1.807) is 18.2 Å². The summed E-state index contributed by atoms with van der Waals surface area (Å²) in [4.78, 5) is 3.96. The summed E-state index contributed by atoms with van der Waals surface area (Å²) in [6.45, 7) is 0. The second-order valence-corrected chi connectivity index (χ2v) is 6.50. The maximum absolute atomic E-state index is 12.6. The van der Waals surface area contributed by atoms with E-state index in [9.17, 15) is 13.5 Å². The second-order valence-electron chi connectivity index (χ2n) is 4.65. The predicted molar refractivity (Wildman–Crippen MR) is 81.0 cm³/mol. The van der Waals surface area contributed by atoms with E-state index >= 15 is 0 Å². The Kier molecular flexibility index (Phi) is 4.09. The number of furan rings is 1. The molecule has 0 aliphatic carbocycles. The number of nitrogens with one attached hydrogen (secondary N) is 1. The molecule has 0 saturated heterocycles. The summed E-state index contributed by atoms with van der Waals surface area (Å²) in [6.07, 6.45) is 4.40. The van der Waals surface area contributed by atoms with Gasteiger partial charge < -0.3 is 9.52 Å². The van der Waals surface area contributed by atoms with Gasteiger partial charge in [-0.05, 0) is 24.3 Å². The van der Waals surface area contributed by atoms with E-state index in [0.717, 1.165) is 0 Å². The van der Waals surface area contributed by atoms with Crippen LogP contribution in [0.2, 0.25) is 0 Å². The van der Waals surface area contributed by atoms with Crippen LogP contribution in [0.25, 0.3) is 6.08 Å². The van der Waals surface area contributed by atoms with Gasteiger partial charge in [-0.25, -0.2) is 13.4 Å². The Morgan fingerprint density at radius 2 is 2.00 bits per heavy atom. The molecule has 3 rings (SSSR count). The number of nitrogens with zero attached hydrogens (tertiary/aromatic N) is 2. The highest BCUT2D eigenvalue weighted by atomic mass is 32.2. The van der Waals surface area contributed by atoms with Crippen molar-refractivity contribution >= 4 is 15.9 Å². The van der Waals surface area contributed by atoms with Crippen LogP contribution in [0.15, 0.2) is 69.5 Å². The van der Waals surface area contributed by atoms with Crippen molar-refractivity contribution in [2.45, 2.75) is 16.1 Å². The summed E-state index contributed by atoms with van der Waals surface area (Å²) in [7, 11) is -3.76. The molecule has 1 unspecified atom stereocenters. The highest BCUT2D eigenvalue weighted by molar-refractivity contribution is 7.91. The first-order valence-corrected chi connectivity index (χ1v) is 8.16. The lowest BCUT2D eigenvalue weighted by molar-refractivity contribution is 0.219. The van der Waals surface area contributed by atoms with Gasteiger partial charge in [-0.1, -0.05) is 24.3 Å². The SMILES string of the molecule is O=S(=O)(c1ccccc1)c1occc1C=CC(O)c1ncn[nH]1. The first-order valence-electron chi connectivity index (χ1n) is 6.68. The first kappa shape index (κ1) is 15.2. The number of aliphatic hydroxyl groups excluding tert-OH is 1. The van der Waals surface area contributed by atoms with Gasteiger partial charge in [0, 0.05) is 5.56 Å². The van der Waals surface area contributed by atoms with Crippen LogP contribution in [-0.4, -0.2) is 28.7 Å². The van der Waals surface area contributed by atoms with Gasteiger partial charge in [0.25, 0.3) is 0 Å². The molecule has 2 aromatic heterocycles.